The van der Waals surface area contributed by atoms with Crippen LogP contribution in [0, 0.1) is 0 Å². The number of carbonyl (C=O) groups is 2. The van der Waals surface area contributed by atoms with E-state index in [1.54, 1.807) is 4.90 Å². The number of nitrogens with two attached hydrogens (primary N) is 2. The fourth-order valence-corrected chi connectivity index (χ4v) is 3.36. The molecule has 3 heterocycles. The van der Waals surface area contributed by atoms with Crippen molar-refractivity contribution in [2.24, 2.45) is 11.5 Å². The lowest BCUT2D eigenvalue weighted by atomic mass is 10.1. The van der Waals surface area contributed by atoms with Crippen LogP contribution in [0.1, 0.15) is 19.1 Å². The quantitative estimate of drug-likeness (QED) is 0.297. The zero-order valence-electron chi connectivity index (χ0n) is 16.7. The van der Waals surface area contributed by atoms with Gasteiger partial charge in [0.05, 0.1) is 25.0 Å². The molecule has 13 nitrogen and oxygen atoms in total. The molecule has 0 aliphatic carbocycles. The molecule has 2 amide bonds. The molecular formula is C17H26N8O5. The number of hydrogen-bond acceptors (Lipinski definition) is 10. The molecule has 3 rings (SSSR count). The molecule has 0 unspecified atom stereocenters. The van der Waals surface area contributed by atoms with E-state index in [1.807, 2.05) is 14.1 Å². The number of aromatic nitrogens is 4. The van der Waals surface area contributed by atoms with Crippen LogP contribution >= 0.6 is 0 Å². The van der Waals surface area contributed by atoms with Gasteiger partial charge >= 0.3 is 0 Å². The summed E-state index contributed by atoms with van der Waals surface area (Å²) >= 11 is 0. The first kappa shape index (κ1) is 21.8. The van der Waals surface area contributed by atoms with E-state index in [1.165, 1.54) is 17.2 Å². The normalized spacial score (nSPS) is 24.7. The highest BCUT2D eigenvalue weighted by Gasteiger charge is 2.46. The predicted molar refractivity (Wildman–Crippen MR) is 105 cm³/mol. The number of nitrogens with zero attached hydrogens (tertiary/aromatic N) is 5. The lowest BCUT2D eigenvalue weighted by Gasteiger charge is -2.22. The topological polar surface area (TPSA) is 195 Å². The fraction of sp³-hybridized carbons (Fsp3) is 0.588. The van der Waals surface area contributed by atoms with Crippen LogP contribution in [0.4, 0.5) is 5.82 Å². The summed E-state index contributed by atoms with van der Waals surface area (Å²) in [6.45, 7) is -0.445. The Morgan fingerprint density at radius 3 is 2.73 bits per heavy atom. The maximum Gasteiger partial charge on any atom is 0.237 e. The van der Waals surface area contributed by atoms with Crippen molar-refractivity contribution in [2.75, 3.05) is 25.6 Å². The molecule has 1 aliphatic rings. The van der Waals surface area contributed by atoms with E-state index >= 15 is 0 Å². The van der Waals surface area contributed by atoms with Gasteiger partial charge in [-0.15, -0.1) is 0 Å². The number of rotatable bonds is 8. The van der Waals surface area contributed by atoms with Gasteiger partial charge < -0.3 is 36.6 Å². The first-order valence-electron chi connectivity index (χ1n) is 9.38. The number of hydrogen-bond donors (Lipinski definition) is 5. The van der Waals surface area contributed by atoms with Gasteiger partial charge in [0.25, 0.3) is 0 Å². The minimum absolute atomic E-state index is 0.0424. The van der Waals surface area contributed by atoms with Crippen molar-refractivity contribution in [2.45, 2.75) is 43.4 Å². The second-order valence-corrected chi connectivity index (χ2v) is 7.30. The van der Waals surface area contributed by atoms with E-state index in [9.17, 15) is 19.8 Å². The standard InChI is InChI=1S/C17H26N8O5/c1-24(2)14-12-15(21-6-20-14)25(7-22-12)17-13(28)11(9(5-26)30-17)23-16(29)8(18)3-4-10(19)27/h6-9,11,13,17,26,28H,3-5,18H2,1-2H3,(H2,19,27)(H,23,29)/t8-,9+,11+,13+,17+/m0/s1. The average molecular weight is 422 g/mol. The number of aliphatic hydroxyl groups is 2. The van der Waals surface area contributed by atoms with Crippen LogP contribution in [0.5, 0.6) is 0 Å². The number of carbonyl (C=O) groups excluding carboxylic acids is 2. The zero-order chi connectivity index (χ0) is 22.0. The van der Waals surface area contributed by atoms with Crippen LogP contribution in [-0.4, -0.2) is 86.5 Å². The highest BCUT2D eigenvalue weighted by molar-refractivity contribution is 5.84. The summed E-state index contributed by atoms with van der Waals surface area (Å²) in [5.41, 5.74) is 11.8. The Labute approximate surface area is 172 Å². The number of nitrogens with one attached hydrogen (secondary N) is 1. The minimum atomic E-state index is -1.22. The van der Waals surface area contributed by atoms with Crippen LogP contribution in [0.3, 0.4) is 0 Å². The predicted octanol–water partition coefficient (Wildman–Crippen LogP) is -2.78. The van der Waals surface area contributed by atoms with Crippen LogP contribution < -0.4 is 21.7 Å². The molecule has 0 saturated carbocycles. The second kappa shape index (κ2) is 8.87. The van der Waals surface area contributed by atoms with Gasteiger partial charge in [-0.2, -0.15) is 0 Å². The summed E-state index contributed by atoms with van der Waals surface area (Å²) < 4.78 is 7.31. The molecule has 0 aromatic carbocycles. The number of primary amides is 1. The van der Waals surface area contributed by atoms with Crippen LogP contribution in [-0.2, 0) is 14.3 Å². The Kier molecular flexibility index (Phi) is 6.45. The molecule has 0 radical (unpaired) electrons. The number of imidazole rings is 1. The van der Waals surface area contributed by atoms with Crippen molar-refractivity contribution in [1.82, 2.24) is 24.8 Å². The van der Waals surface area contributed by atoms with E-state index in [2.05, 4.69) is 20.3 Å². The lowest BCUT2D eigenvalue weighted by Crippen LogP contribution is -2.53. The van der Waals surface area contributed by atoms with Gasteiger partial charge in [-0.25, -0.2) is 15.0 Å². The number of anilines is 1. The monoisotopic (exact) mass is 422 g/mol. The molecule has 13 heteroatoms. The first-order chi connectivity index (χ1) is 14.2. The average Bonchev–Trinajstić information content (AvgIpc) is 3.27. The molecular weight excluding hydrogens is 396 g/mol. The lowest BCUT2D eigenvalue weighted by molar-refractivity contribution is -0.124. The minimum Gasteiger partial charge on any atom is -0.394 e. The highest BCUT2D eigenvalue weighted by atomic mass is 16.5. The Morgan fingerprint density at radius 2 is 2.10 bits per heavy atom. The number of fused-ring (bicyclic) bond motifs is 1. The van der Waals surface area contributed by atoms with Gasteiger partial charge in [0.15, 0.2) is 23.2 Å². The van der Waals surface area contributed by atoms with Gasteiger partial charge in [-0.1, -0.05) is 0 Å². The Morgan fingerprint density at radius 1 is 1.37 bits per heavy atom. The van der Waals surface area contributed by atoms with Crippen molar-refractivity contribution in [1.29, 1.82) is 0 Å². The number of amides is 2. The zero-order valence-corrected chi connectivity index (χ0v) is 16.7. The fourth-order valence-electron chi connectivity index (χ4n) is 3.36. The molecule has 2 aromatic rings. The third-order valence-corrected chi connectivity index (χ3v) is 4.94. The molecule has 5 atom stereocenters. The number of aliphatic hydroxyl groups excluding tert-OH is 2. The van der Waals surface area contributed by atoms with Crippen molar-refractivity contribution in [3.8, 4) is 0 Å². The summed E-state index contributed by atoms with van der Waals surface area (Å²) in [6, 6.07) is -1.92. The largest absolute Gasteiger partial charge is 0.394 e. The van der Waals surface area contributed by atoms with Crippen LogP contribution in [0.25, 0.3) is 11.2 Å². The Balaban J connectivity index is 1.81. The molecule has 164 valence electrons. The van der Waals surface area contributed by atoms with E-state index in [-0.39, 0.29) is 12.8 Å². The SMILES string of the molecule is CN(C)c1ncnc2c1ncn2[C@@H]1O[C@H](CO)[C@@H](NC(=O)[C@@H](N)CCC(N)=O)[C@H]1O. The molecule has 0 bridgehead atoms. The smallest absolute Gasteiger partial charge is 0.237 e. The van der Waals surface area contributed by atoms with Crippen molar-refractivity contribution in [3.05, 3.63) is 12.7 Å². The summed E-state index contributed by atoms with van der Waals surface area (Å²) in [6.07, 6.45) is -0.207. The third-order valence-electron chi connectivity index (χ3n) is 4.94. The Hall–Kier alpha value is -2.87. The summed E-state index contributed by atoms with van der Waals surface area (Å²) in [4.78, 5) is 37.8. The Bertz CT molecular complexity index is 919. The number of ether oxygens (including phenoxy) is 1. The maximum atomic E-state index is 12.4. The van der Waals surface area contributed by atoms with E-state index < -0.39 is 48.9 Å². The van der Waals surface area contributed by atoms with E-state index in [0.717, 1.165) is 0 Å². The van der Waals surface area contributed by atoms with Gasteiger partial charge in [-0.3, -0.25) is 14.2 Å². The van der Waals surface area contributed by atoms with Gasteiger partial charge in [0, 0.05) is 20.5 Å². The van der Waals surface area contributed by atoms with E-state index in [0.29, 0.717) is 17.0 Å². The summed E-state index contributed by atoms with van der Waals surface area (Å²) in [5, 5.41) is 23.1. The van der Waals surface area contributed by atoms with Crippen molar-refractivity contribution >= 4 is 28.8 Å². The van der Waals surface area contributed by atoms with Gasteiger partial charge in [-0.05, 0) is 6.42 Å². The van der Waals surface area contributed by atoms with Crippen molar-refractivity contribution in [3.63, 3.8) is 0 Å². The molecule has 2 aromatic heterocycles. The second-order valence-electron chi connectivity index (χ2n) is 7.30. The third kappa shape index (κ3) is 4.18. The van der Waals surface area contributed by atoms with Crippen molar-refractivity contribution < 1.29 is 24.5 Å². The van der Waals surface area contributed by atoms with Crippen LogP contribution in [0.15, 0.2) is 12.7 Å². The first-order valence-corrected chi connectivity index (χ1v) is 9.38. The maximum absolute atomic E-state index is 12.4. The molecule has 1 aliphatic heterocycles. The highest BCUT2D eigenvalue weighted by Crippen LogP contribution is 2.32. The summed E-state index contributed by atoms with van der Waals surface area (Å²) in [5.74, 6) is -0.562. The molecule has 30 heavy (non-hydrogen) atoms. The molecule has 0 spiro atoms. The van der Waals surface area contributed by atoms with E-state index in [4.69, 9.17) is 16.2 Å². The molecule has 1 saturated heterocycles. The van der Waals surface area contributed by atoms with Crippen LogP contribution in [0.2, 0.25) is 0 Å². The van der Waals surface area contributed by atoms with Gasteiger partial charge in [0.2, 0.25) is 11.8 Å². The van der Waals surface area contributed by atoms with Gasteiger partial charge in [0.1, 0.15) is 18.5 Å². The molecule has 1 fully saturated rings. The summed E-state index contributed by atoms with van der Waals surface area (Å²) in [7, 11) is 3.63. The molecule has 7 N–H and O–H groups in total.